The van der Waals surface area contributed by atoms with Crippen LogP contribution in [0.1, 0.15) is 36.8 Å². The summed E-state index contributed by atoms with van der Waals surface area (Å²) in [7, 11) is -3.51. The van der Waals surface area contributed by atoms with Gasteiger partial charge in [-0.05, 0) is 55.2 Å². The Balaban J connectivity index is 1.29. The Morgan fingerprint density at radius 1 is 1.06 bits per heavy atom. The van der Waals surface area contributed by atoms with Gasteiger partial charge >= 0.3 is 0 Å². The van der Waals surface area contributed by atoms with Crippen molar-refractivity contribution in [2.24, 2.45) is 0 Å². The van der Waals surface area contributed by atoms with Crippen LogP contribution in [-0.4, -0.2) is 26.9 Å². The van der Waals surface area contributed by atoms with Crippen LogP contribution in [0.25, 0.3) is 17.0 Å². The van der Waals surface area contributed by atoms with Gasteiger partial charge in [-0.2, -0.15) is 0 Å². The predicted octanol–water partition coefficient (Wildman–Crippen LogP) is 3.39. The molecule has 1 aliphatic carbocycles. The van der Waals surface area contributed by atoms with Crippen molar-refractivity contribution < 1.29 is 17.6 Å². The molecule has 1 saturated carbocycles. The second-order valence-electron chi connectivity index (χ2n) is 8.14. The van der Waals surface area contributed by atoms with E-state index in [1.807, 2.05) is 0 Å². The second-order valence-corrected chi connectivity index (χ2v) is 9.85. The van der Waals surface area contributed by atoms with Crippen LogP contribution in [0.5, 0.6) is 0 Å². The summed E-state index contributed by atoms with van der Waals surface area (Å²) in [4.78, 5) is 24.8. The Morgan fingerprint density at radius 3 is 2.55 bits per heavy atom. The molecule has 0 aliphatic heterocycles. The highest BCUT2D eigenvalue weighted by Gasteiger charge is 2.22. The van der Waals surface area contributed by atoms with Crippen molar-refractivity contribution in [3.8, 4) is 0 Å². The molecule has 3 aromatic rings. The topological polar surface area (TPSA) is 105 Å². The van der Waals surface area contributed by atoms with E-state index in [0.717, 1.165) is 31.2 Å². The van der Waals surface area contributed by atoms with Crippen molar-refractivity contribution >= 4 is 33.0 Å². The number of hydrogen-bond acceptors (Lipinski definition) is 5. The number of sulfonamides is 1. The van der Waals surface area contributed by atoms with Gasteiger partial charge in [-0.3, -0.25) is 9.59 Å². The molecule has 1 aliphatic rings. The van der Waals surface area contributed by atoms with Gasteiger partial charge in [-0.1, -0.05) is 37.1 Å². The largest absolute Gasteiger partial charge is 0.463 e. The lowest BCUT2D eigenvalue weighted by Crippen LogP contribution is -2.32. The molecule has 0 radical (unpaired) electrons. The Morgan fingerprint density at radius 2 is 1.79 bits per heavy atom. The number of carbonyl (C=O) groups excluding carboxylic acids is 1. The van der Waals surface area contributed by atoms with Crippen LogP contribution >= 0.6 is 0 Å². The number of fused-ring (bicyclic) bond motifs is 1. The number of para-hydroxylation sites is 1. The Bertz CT molecular complexity index is 1320. The predicted molar refractivity (Wildman–Crippen MR) is 127 cm³/mol. The zero-order chi connectivity index (χ0) is 23.3. The van der Waals surface area contributed by atoms with Gasteiger partial charge in [0, 0.05) is 18.7 Å². The minimum atomic E-state index is -3.51. The van der Waals surface area contributed by atoms with Crippen LogP contribution in [0.4, 0.5) is 0 Å². The summed E-state index contributed by atoms with van der Waals surface area (Å²) in [6.07, 6.45) is 8.51. The van der Waals surface area contributed by atoms with E-state index < -0.39 is 10.0 Å². The highest BCUT2D eigenvalue weighted by molar-refractivity contribution is 7.89. The third-order valence-corrected chi connectivity index (χ3v) is 7.28. The average Bonchev–Trinajstić information content (AvgIpc) is 3.31. The summed E-state index contributed by atoms with van der Waals surface area (Å²) in [6.45, 7) is 0.377. The third kappa shape index (κ3) is 5.77. The quantitative estimate of drug-likeness (QED) is 0.495. The summed E-state index contributed by atoms with van der Waals surface area (Å²) in [6, 6.07) is 13.7. The summed E-state index contributed by atoms with van der Waals surface area (Å²) in [5, 5.41) is 3.22. The van der Waals surface area contributed by atoms with Crippen molar-refractivity contribution in [3.05, 3.63) is 82.2 Å². The van der Waals surface area contributed by atoms with E-state index in [1.165, 1.54) is 18.4 Å². The number of amides is 1. The van der Waals surface area contributed by atoms with Crippen molar-refractivity contribution in [3.63, 3.8) is 0 Å². The molecule has 2 aromatic carbocycles. The van der Waals surface area contributed by atoms with Crippen molar-refractivity contribution in [2.75, 3.05) is 6.54 Å². The van der Waals surface area contributed by atoms with Crippen LogP contribution in [-0.2, 0) is 21.2 Å². The van der Waals surface area contributed by atoms with Crippen LogP contribution in [0.2, 0.25) is 0 Å². The molecule has 2 N–H and O–H groups in total. The van der Waals surface area contributed by atoms with Gasteiger partial charge in [-0.25, -0.2) is 13.1 Å². The van der Waals surface area contributed by atoms with Crippen molar-refractivity contribution in [1.82, 2.24) is 10.0 Å². The first-order chi connectivity index (χ1) is 15.9. The minimum absolute atomic E-state index is 0.0268. The van der Waals surface area contributed by atoms with Gasteiger partial charge in [-0.15, -0.1) is 0 Å². The third-order valence-electron chi connectivity index (χ3n) is 5.74. The number of carbonyl (C=O) groups is 1. The Hall–Kier alpha value is -3.23. The molecule has 4 rings (SSSR count). The summed E-state index contributed by atoms with van der Waals surface area (Å²) in [5.41, 5.74) is 1.51. The number of nitrogens with one attached hydrogen (secondary N) is 2. The first-order valence-electron chi connectivity index (χ1n) is 11.0. The van der Waals surface area contributed by atoms with Gasteiger partial charge in [0.1, 0.15) is 11.8 Å². The molecule has 7 nitrogen and oxygen atoms in total. The second kappa shape index (κ2) is 10.1. The summed E-state index contributed by atoms with van der Waals surface area (Å²) < 4.78 is 33.2. The molecule has 0 unspecified atom stereocenters. The van der Waals surface area contributed by atoms with Crippen LogP contribution < -0.4 is 15.5 Å². The average molecular weight is 467 g/mol. The van der Waals surface area contributed by atoms with E-state index in [0.29, 0.717) is 29.5 Å². The maximum absolute atomic E-state index is 12.5. The van der Waals surface area contributed by atoms with E-state index in [1.54, 1.807) is 48.5 Å². The first-order valence-corrected chi connectivity index (χ1v) is 12.5. The van der Waals surface area contributed by atoms with Gasteiger partial charge in [0.25, 0.3) is 0 Å². The molecule has 0 atom stereocenters. The van der Waals surface area contributed by atoms with E-state index in [4.69, 9.17) is 4.42 Å². The smallest absolute Gasteiger partial charge is 0.244 e. The normalized spacial score (nSPS) is 14.8. The highest BCUT2D eigenvalue weighted by Crippen LogP contribution is 2.20. The van der Waals surface area contributed by atoms with E-state index >= 15 is 0 Å². The Kier molecular flexibility index (Phi) is 7.05. The monoisotopic (exact) mass is 466 g/mol. The molecule has 1 aromatic heterocycles. The van der Waals surface area contributed by atoms with Crippen molar-refractivity contribution in [1.29, 1.82) is 0 Å². The van der Waals surface area contributed by atoms with Crippen molar-refractivity contribution in [2.45, 2.75) is 43.0 Å². The molecule has 1 heterocycles. The number of hydrogen-bond donors (Lipinski definition) is 2. The Labute approximate surface area is 192 Å². The maximum Gasteiger partial charge on any atom is 0.244 e. The standard InChI is InChI=1S/C25H26N2O5S/c28-24(14-11-19-17-32-23-8-4-3-7-22(23)25(19)29)26-16-15-18-9-12-21(13-10-18)33(30,31)27-20-5-1-2-6-20/h3-4,7-14,17,20,27H,1-2,5-6,15-16H2,(H,26,28)/b14-11+. The summed E-state index contributed by atoms with van der Waals surface area (Å²) >= 11 is 0. The highest BCUT2D eigenvalue weighted by atomic mass is 32.2. The maximum atomic E-state index is 12.5. The fraction of sp³-hybridized carbons (Fsp3) is 0.280. The lowest BCUT2D eigenvalue weighted by atomic mass is 10.1. The zero-order valence-corrected chi connectivity index (χ0v) is 18.9. The molecular weight excluding hydrogens is 440 g/mol. The molecular formula is C25H26N2O5S. The van der Waals surface area contributed by atoms with E-state index in [2.05, 4.69) is 10.0 Å². The van der Waals surface area contributed by atoms with Gasteiger partial charge in [0.2, 0.25) is 15.9 Å². The van der Waals surface area contributed by atoms with Gasteiger partial charge in [0.15, 0.2) is 5.43 Å². The first kappa shape index (κ1) is 22.9. The SMILES string of the molecule is O=C(/C=C/c1coc2ccccc2c1=O)NCCc1ccc(S(=O)(=O)NC2CCCC2)cc1. The lowest BCUT2D eigenvalue weighted by molar-refractivity contribution is -0.116. The number of rotatable bonds is 8. The van der Waals surface area contributed by atoms with E-state index in [-0.39, 0.29) is 22.3 Å². The molecule has 33 heavy (non-hydrogen) atoms. The lowest BCUT2D eigenvalue weighted by Gasteiger charge is -2.12. The number of benzene rings is 2. The van der Waals surface area contributed by atoms with E-state index in [9.17, 15) is 18.0 Å². The molecule has 172 valence electrons. The van der Waals surface area contributed by atoms with Gasteiger partial charge < -0.3 is 9.73 Å². The molecule has 0 bridgehead atoms. The van der Waals surface area contributed by atoms with Crippen LogP contribution in [0, 0.1) is 0 Å². The van der Waals surface area contributed by atoms with Crippen LogP contribution in [0.15, 0.2) is 75.0 Å². The zero-order valence-electron chi connectivity index (χ0n) is 18.1. The summed E-state index contributed by atoms with van der Waals surface area (Å²) in [5.74, 6) is -0.331. The molecule has 8 heteroatoms. The molecule has 1 fully saturated rings. The minimum Gasteiger partial charge on any atom is -0.463 e. The van der Waals surface area contributed by atoms with Gasteiger partial charge in [0.05, 0.1) is 15.8 Å². The molecule has 1 amide bonds. The molecule has 0 spiro atoms. The fourth-order valence-electron chi connectivity index (χ4n) is 3.93. The fourth-order valence-corrected chi connectivity index (χ4v) is 5.23. The molecule has 0 saturated heterocycles. The van der Waals surface area contributed by atoms with Crippen LogP contribution in [0.3, 0.4) is 0 Å².